The third-order valence-electron chi connectivity index (χ3n) is 1.36. The van der Waals surface area contributed by atoms with Crippen LogP contribution in [-0.2, 0) is 4.74 Å². The minimum absolute atomic E-state index is 0. The first-order valence-electron chi connectivity index (χ1n) is 3.94. The standard InChI is InChI=1S/C8H12N2O2.ClH/c1-2-6-12-8(11)10-5-3-4-9-7-10;/h3-5H,2,6-7H2,1H3;1H. The summed E-state index contributed by atoms with van der Waals surface area (Å²) in [6.07, 6.45) is 5.53. The number of rotatable bonds is 2. The fourth-order valence-electron chi connectivity index (χ4n) is 0.776. The summed E-state index contributed by atoms with van der Waals surface area (Å²) < 4.78 is 4.89. The molecule has 1 heterocycles. The second-order valence-corrected chi connectivity index (χ2v) is 2.40. The van der Waals surface area contributed by atoms with Crippen molar-refractivity contribution in [3.63, 3.8) is 0 Å². The predicted octanol–water partition coefficient (Wildman–Crippen LogP) is 1.81. The first-order chi connectivity index (χ1) is 5.84. The van der Waals surface area contributed by atoms with E-state index in [-0.39, 0.29) is 18.5 Å². The molecule has 4 nitrogen and oxygen atoms in total. The maximum absolute atomic E-state index is 11.1. The molecule has 1 amide bonds. The van der Waals surface area contributed by atoms with Crippen LogP contribution < -0.4 is 0 Å². The predicted molar refractivity (Wildman–Crippen MR) is 53.2 cm³/mol. The fraction of sp³-hybridized carbons (Fsp3) is 0.500. The molecule has 0 saturated carbocycles. The maximum Gasteiger partial charge on any atom is 0.415 e. The fourth-order valence-corrected chi connectivity index (χ4v) is 0.776. The number of carbonyl (C=O) groups is 1. The molecule has 13 heavy (non-hydrogen) atoms. The summed E-state index contributed by atoms with van der Waals surface area (Å²) in [5.74, 6) is 0. The molecule has 74 valence electrons. The molecule has 0 atom stereocenters. The summed E-state index contributed by atoms with van der Waals surface area (Å²) in [4.78, 5) is 16.5. The molecular formula is C8H13ClN2O2. The van der Waals surface area contributed by atoms with Crippen LogP contribution in [-0.4, -0.2) is 30.5 Å². The van der Waals surface area contributed by atoms with E-state index in [0.717, 1.165) is 6.42 Å². The van der Waals surface area contributed by atoms with Crippen LogP contribution in [0.4, 0.5) is 4.79 Å². The molecule has 0 saturated heterocycles. The number of allylic oxidation sites excluding steroid dienone is 1. The SMILES string of the molecule is CCCOC(=O)N1C=CC=NC1.Cl. The minimum Gasteiger partial charge on any atom is -0.449 e. The summed E-state index contributed by atoms with van der Waals surface area (Å²) >= 11 is 0. The van der Waals surface area contributed by atoms with Crippen molar-refractivity contribution in [2.24, 2.45) is 4.99 Å². The first-order valence-corrected chi connectivity index (χ1v) is 3.94. The van der Waals surface area contributed by atoms with E-state index in [2.05, 4.69) is 4.99 Å². The van der Waals surface area contributed by atoms with Gasteiger partial charge in [0.2, 0.25) is 0 Å². The zero-order chi connectivity index (χ0) is 8.81. The number of nitrogens with zero attached hydrogens (tertiary/aromatic N) is 2. The van der Waals surface area contributed by atoms with Crippen molar-refractivity contribution < 1.29 is 9.53 Å². The van der Waals surface area contributed by atoms with Crippen molar-refractivity contribution in [1.29, 1.82) is 0 Å². The Balaban J connectivity index is 0.00000144. The first kappa shape index (κ1) is 12.0. The molecule has 0 radical (unpaired) electrons. The number of hydrogen-bond donors (Lipinski definition) is 0. The van der Waals surface area contributed by atoms with Crippen LogP contribution in [0.1, 0.15) is 13.3 Å². The molecule has 5 heteroatoms. The van der Waals surface area contributed by atoms with Gasteiger partial charge >= 0.3 is 6.09 Å². The Morgan fingerprint density at radius 2 is 2.46 bits per heavy atom. The Morgan fingerprint density at radius 1 is 1.69 bits per heavy atom. The Hall–Kier alpha value is -1.03. The molecule has 1 aliphatic rings. The van der Waals surface area contributed by atoms with E-state index in [1.807, 2.05) is 6.92 Å². The van der Waals surface area contributed by atoms with Crippen LogP contribution in [0.15, 0.2) is 17.3 Å². The molecule has 0 aromatic rings. The van der Waals surface area contributed by atoms with E-state index in [1.54, 1.807) is 18.5 Å². The van der Waals surface area contributed by atoms with Crippen molar-refractivity contribution in [2.75, 3.05) is 13.3 Å². The summed E-state index contributed by atoms with van der Waals surface area (Å²) in [5, 5.41) is 0. The molecule has 0 unspecified atom stereocenters. The number of aliphatic imine (C=N–C) groups is 1. The lowest BCUT2D eigenvalue weighted by Crippen LogP contribution is -2.28. The van der Waals surface area contributed by atoms with Crippen molar-refractivity contribution in [3.8, 4) is 0 Å². The van der Waals surface area contributed by atoms with Gasteiger partial charge in [-0.3, -0.25) is 9.89 Å². The Kier molecular flexibility index (Phi) is 5.97. The van der Waals surface area contributed by atoms with E-state index < -0.39 is 0 Å². The van der Waals surface area contributed by atoms with Gasteiger partial charge in [-0.05, 0) is 12.5 Å². The van der Waals surface area contributed by atoms with Crippen LogP contribution in [0.5, 0.6) is 0 Å². The highest BCUT2D eigenvalue weighted by Crippen LogP contribution is 1.99. The molecule has 0 N–H and O–H groups in total. The summed E-state index contributed by atoms with van der Waals surface area (Å²) in [7, 11) is 0. The van der Waals surface area contributed by atoms with E-state index in [4.69, 9.17) is 4.74 Å². The quantitative estimate of drug-likeness (QED) is 0.689. The van der Waals surface area contributed by atoms with Crippen LogP contribution in [0.2, 0.25) is 0 Å². The zero-order valence-electron chi connectivity index (χ0n) is 7.47. The van der Waals surface area contributed by atoms with E-state index in [1.165, 1.54) is 4.90 Å². The van der Waals surface area contributed by atoms with Gasteiger partial charge < -0.3 is 4.74 Å². The van der Waals surface area contributed by atoms with Gasteiger partial charge in [0.1, 0.15) is 6.67 Å². The van der Waals surface area contributed by atoms with Gasteiger partial charge in [0.25, 0.3) is 0 Å². The Morgan fingerprint density at radius 3 is 3.00 bits per heavy atom. The third kappa shape index (κ3) is 3.94. The lowest BCUT2D eigenvalue weighted by Gasteiger charge is -2.16. The molecular weight excluding hydrogens is 192 g/mol. The molecule has 0 bridgehead atoms. The smallest absolute Gasteiger partial charge is 0.415 e. The lowest BCUT2D eigenvalue weighted by atomic mass is 10.5. The monoisotopic (exact) mass is 204 g/mol. The average Bonchev–Trinajstić information content (AvgIpc) is 2.15. The average molecular weight is 205 g/mol. The molecule has 0 aromatic carbocycles. The highest BCUT2D eigenvalue weighted by molar-refractivity contribution is 5.85. The van der Waals surface area contributed by atoms with Gasteiger partial charge in [0, 0.05) is 12.4 Å². The lowest BCUT2D eigenvalue weighted by molar-refractivity contribution is 0.118. The van der Waals surface area contributed by atoms with Crippen molar-refractivity contribution in [3.05, 3.63) is 12.3 Å². The van der Waals surface area contributed by atoms with Gasteiger partial charge in [0.15, 0.2) is 0 Å². The Labute approximate surface area is 83.7 Å². The number of carbonyl (C=O) groups excluding carboxylic acids is 1. The van der Waals surface area contributed by atoms with Crippen LogP contribution >= 0.6 is 12.4 Å². The van der Waals surface area contributed by atoms with Crippen molar-refractivity contribution in [2.45, 2.75) is 13.3 Å². The van der Waals surface area contributed by atoms with Gasteiger partial charge in [0.05, 0.1) is 6.61 Å². The van der Waals surface area contributed by atoms with Gasteiger partial charge in [-0.2, -0.15) is 0 Å². The van der Waals surface area contributed by atoms with Crippen molar-refractivity contribution in [1.82, 2.24) is 4.90 Å². The third-order valence-corrected chi connectivity index (χ3v) is 1.36. The van der Waals surface area contributed by atoms with Crippen LogP contribution in [0.25, 0.3) is 0 Å². The second kappa shape index (κ2) is 6.48. The maximum atomic E-state index is 11.1. The number of hydrogen-bond acceptors (Lipinski definition) is 3. The molecule has 1 aliphatic heterocycles. The zero-order valence-corrected chi connectivity index (χ0v) is 8.29. The molecule has 0 fully saturated rings. The van der Waals surface area contributed by atoms with Gasteiger partial charge in [-0.25, -0.2) is 4.79 Å². The number of halogens is 1. The van der Waals surface area contributed by atoms with E-state index >= 15 is 0 Å². The summed E-state index contributed by atoms with van der Waals surface area (Å²) in [5.41, 5.74) is 0. The molecule has 0 aromatic heterocycles. The molecule has 0 spiro atoms. The number of amides is 1. The Bertz CT molecular complexity index is 216. The number of ether oxygens (including phenoxy) is 1. The minimum atomic E-state index is -0.329. The van der Waals surface area contributed by atoms with Crippen molar-refractivity contribution >= 4 is 24.7 Å². The largest absolute Gasteiger partial charge is 0.449 e. The topological polar surface area (TPSA) is 41.9 Å². The normalized spacial score (nSPS) is 13.8. The summed E-state index contributed by atoms with van der Waals surface area (Å²) in [6.45, 7) is 2.78. The van der Waals surface area contributed by atoms with E-state index in [9.17, 15) is 4.79 Å². The van der Waals surface area contributed by atoms with E-state index in [0.29, 0.717) is 13.3 Å². The second-order valence-electron chi connectivity index (χ2n) is 2.40. The van der Waals surface area contributed by atoms with Crippen LogP contribution in [0, 0.1) is 0 Å². The van der Waals surface area contributed by atoms with Crippen LogP contribution in [0.3, 0.4) is 0 Å². The van der Waals surface area contributed by atoms with Gasteiger partial charge in [-0.1, -0.05) is 6.92 Å². The van der Waals surface area contributed by atoms with Gasteiger partial charge in [-0.15, -0.1) is 12.4 Å². The molecule has 1 rings (SSSR count). The summed E-state index contributed by atoms with van der Waals surface area (Å²) in [6, 6.07) is 0. The highest BCUT2D eigenvalue weighted by atomic mass is 35.5. The molecule has 0 aliphatic carbocycles. The highest BCUT2D eigenvalue weighted by Gasteiger charge is 2.11.